The Balaban J connectivity index is 1.47. The minimum atomic E-state index is -0.0536. The lowest BCUT2D eigenvalue weighted by Gasteiger charge is -2.35. The van der Waals surface area contributed by atoms with Gasteiger partial charge in [-0.25, -0.2) is 4.79 Å². The van der Waals surface area contributed by atoms with Crippen LogP contribution in [0.15, 0.2) is 46.7 Å². The molecule has 156 valence electrons. The smallest absolute Gasteiger partial charge is 0.319 e. The number of allylic oxidation sites excluding steroid dienone is 2. The van der Waals surface area contributed by atoms with Crippen molar-refractivity contribution in [2.75, 3.05) is 53.4 Å². The molecule has 0 saturated carbocycles. The summed E-state index contributed by atoms with van der Waals surface area (Å²) in [5, 5.41) is 10.4. The molecule has 7 nitrogen and oxygen atoms in total. The molecule has 0 spiro atoms. The lowest BCUT2D eigenvalue weighted by Crippen LogP contribution is -2.51. The Bertz CT molecular complexity index is 781. The van der Waals surface area contributed by atoms with Gasteiger partial charge in [0, 0.05) is 65.9 Å². The van der Waals surface area contributed by atoms with E-state index in [0.717, 1.165) is 25.2 Å². The summed E-state index contributed by atoms with van der Waals surface area (Å²) in [4.78, 5) is 34.5. The minimum Gasteiger partial charge on any atom is -0.511 e. The van der Waals surface area contributed by atoms with Gasteiger partial charge in [0.25, 0.3) is 0 Å². The molecule has 2 aliphatic rings. The summed E-state index contributed by atoms with van der Waals surface area (Å²) in [6.07, 6.45) is 2.40. The number of urea groups is 1. The molecule has 1 saturated heterocycles. The fourth-order valence-corrected chi connectivity index (χ4v) is 3.82. The van der Waals surface area contributed by atoms with Crippen molar-refractivity contribution in [1.82, 2.24) is 14.7 Å². The molecule has 1 unspecified atom stereocenters. The topological polar surface area (TPSA) is 76.5 Å². The van der Waals surface area contributed by atoms with Gasteiger partial charge in [-0.05, 0) is 11.5 Å². The molecule has 1 N–H and O–H groups in total. The first-order valence-corrected chi connectivity index (χ1v) is 10.1. The maximum Gasteiger partial charge on any atom is 0.319 e. The van der Waals surface area contributed by atoms with Crippen molar-refractivity contribution in [3.05, 3.63) is 47.2 Å². The number of benzene rings is 1. The molecular formula is C22H30N4O3. The van der Waals surface area contributed by atoms with Crippen LogP contribution in [0.25, 0.3) is 0 Å². The van der Waals surface area contributed by atoms with Gasteiger partial charge in [-0.1, -0.05) is 30.3 Å². The van der Waals surface area contributed by atoms with E-state index in [4.69, 9.17) is 0 Å². The first-order valence-electron chi connectivity index (χ1n) is 10.1. The average molecular weight is 399 g/mol. The third-order valence-electron chi connectivity index (χ3n) is 5.54. The van der Waals surface area contributed by atoms with Crippen molar-refractivity contribution in [2.24, 2.45) is 4.99 Å². The molecular weight excluding hydrogens is 368 g/mol. The molecule has 1 fully saturated rings. The number of rotatable bonds is 5. The van der Waals surface area contributed by atoms with E-state index in [1.165, 1.54) is 6.21 Å². The average Bonchev–Trinajstić information content (AvgIpc) is 2.73. The van der Waals surface area contributed by atoms with Crippen LogP contribution in [-0.2, 0) is 4.79 Å². The maximum absolute atomic E-state index is 12.5. The third kappa shape index (κ3) is 5.44. The summed E-state index contributed by atoms with van der Waals surface area (Å²) in [5.41, 5.74) is 1.42. The van der Waals surface area contributed by atoms with Crippen molar-refractivity contribution in [1.29, 1.82) is 0 Å². The van der Waals surface area contributed by atoms with Gasteiger partial charge in [0.1, 0.15) is 5.76 Å². The van der Waals surface area contributed by atoms with Crippen LogP contribution in [0.5, 0.6) is 0 Å². The van der Waals surface area contributed by atoms with E-state index in [-0.39, 0.29) is 23.5 Å². The summed E-state index contributed by atoms with van der Waals surface area (Å²) < 4.78 is 0. The Kier molecular flexibility index (Phi) is 7.04. The van der Waals surface area contributed by atoms with Crippen LogP contribution in [-0.4, -0.2) is 91.2 Å². The van der Waals surface area contributed by atoms with E-state index in [1.807, 2.05) is 35.2 Å². The number of ketones is 1. The maximum atomic E-state index is 12.5. The summed E-state index contributed by atoms with van der Waals surface area (Å²) in [5.74, 6) is 0.110. The van der Waals surface area contributed by atoms with E-state index < -0.39 is 0 Å². The molecule has 0 radical (unpaired) electrons. The van der Waals surface area contributed by atoms with E-state index in [0.29, 0.717) is 38.0 Å². The summed E-state index contributed by atoms with van der Waals surface area (Å²) >= 11 is 0. The van der Waals surface area contributed by atoms with E-state index >= 15 is 0 Å². The van der Waals surface area contributed by atoms with Crippen LogP contribution >= 0.6 is 0 Å². The number of hydrogen-bond acceptors (Lipinski definition) is 5. The predicted octanol–water partition coefficient (Wildman–Crippen LogP) is 2.32. The lowest BCUT2D eigenvalue weighted by atomic mass is 9.83. The molecule has 1 heterocycles. The van der Waals surface area contributed by atoms with Crippen LogP contribution < -0.4 is 0 Å². The van der Waals surface area contributed by atoms with Crippen LogP contribution in [0.2, 0.25) is 0 Å². The molecule has 1 atom stereocenters. The number of carbonyl (C=O) groups excluding carboxylic acids is 2. The Morgan fingerprint density at radius 2 is 1.86 bits per heavy atom. The van der Waals surface area contributed by atoms with Crippen molar-refractivity contribution in [3.63, 3.8) is 0 Å². The second kappa shape index (κ2) is 9.69. The fraction of sp³-hybridized carbons (Fsp3) is 0.500. The third-order valence-corrected chi connectivity index (χ3v) is 5.54. The normalized spacial score (nSPS) is 21.1. The van der Waals surface area contributed by atoms with Gasteiger partial charge in [0.05, 0.1) is 12.1 Å². The van der Waals surface area contributed by atoms with Gasteiger partial charge in [0.15, 0.2) is 5.78 Å². The molecule has 3 rings (SSSR count). The van der Waals surface area contributed by atoms with Gasteiger partial charge < -0.3 is 14.9 Å². The first kappa shape index (κ1) is 21.0. The molecule has 0 aromatic heterocycles. The highest BCUT2D eigenvalue weighted by Crippen LogP contribution is 2.32. The number of aliphatic hydroxyl groups is 1. The highest BCUT2D eigenvalue weighted by Gasteiger charge is 2.27. The molecule has 2 amide bonds. The second-order valence-electron chi connectivity index (χ2n) is 7.84. The van der Waals surface area contributed by atoms with Gasteiger partial charge in [-0.2, -0.15) is 0 Å². The molecule has 1 aromatic rings. The van der Waals surface area contributed by atoms with Crippen molar-refractivity contribution in [3.8, 4) is 0 Å². The second-order valence-corrected chi connectivity index (χ2v) is 7.84. The number of nitrogens with zero attached hydrogens (tertiary/aromatic N) is 4. The van der Waals surface area contributed by atoms with Gasteiger partial charge in [-0.3, -0.25) is 14.7 Å². The number of Topliss-reactive ketones (excluding diaryl/α,β-unsaturated/α-hetero) is 1. The van der Waals surface area contributed by atoms with E-state index in [2.05, 4.69) is 9.89 Å². The number of hydrogen-bond donors (Lipinski definition) is 1. The Morgan fingerprint density at radius 3 is 2.48 bits per heavy atom. The molecule has 29 heavy (non-hydrogen) atoms. The van der Waals surface area contributed by atoms with Crippen molar-refractivity contribution >= 4 is 18.0 Å². The molecule has 1 aromatic carbocycles. The van der Waals surface area contributed by atoms with Gasteiger partial charge in [-0.15, -0.1) is 0 Å². The zero-order valence-corrected chi connectivity index (χ0v) is 17.3. The summed E-state index contributed by atoms with van der Waals surface area (Å²) in [7, 11) is 3.53. The Labute approximate surface area is 172 Å². The SMILES string of the molecule is CN(C)C(=O)N1CCN(CCN=CC2=C(O)CC(c3ccccc3)CC2=O)CC1. The fourth-order valence-electron chi connectivity index (χ4n) is 3.82. The minimum absolute atomic E-state index is 0.0296. The quantitative estimate of drug-likeness (QED) is 0.773. The van der Waals surface area contributed by atoms with Crippen LogP contribution in [0.4, 0.5) is 4.79 Å². The highest BCUT2D eigenvalue weighted by atomic mass is 16.3. The number of piperazine rings is 1. The van der Waals surface area contributed by atoms with Crippen molar-refractivity contribution < 1.29 is 14.7 Å². The molecule has 0 bridgehead atoms. The number of aliphatic imine (C=N–C) groups is 1. The largest absolute Gasteiger partial charge is 0.511 e. The number of carbonyl (C=O) groups is 2. The first-order chi connectivity index (χ1) is 14.0. The summed E-state index contributed by atoms with van der Waals surface area (Å²) in [6, 6.07) is 9.89. The zero-order valence-electron chi connectivity index (χ0n) is 17.3. The summed E-state index contributed by atoms with van der Waals surface area (Å²) in [6.45, 7) is 4.41. The van der Waals surface area contributed by atoms with Gasteiger partial charge >= 0.3 is 6.03 Å². The Morgan fingerprint density at radius 1 is 1.17 bits per heavy atom. The molecule has 7 heteroatoms. The van der Waals surface area contributed by atoms with Gasteiger partial charge in [0.2, 0.25) is 0 Å². The zero-order chi connectivity index (χ0) is 20.8. The molecule has 1 aliphatic carbocycles. The van der Waals surface area contributed by atoms with E-state index in [9.17, 15) is 14.7 Å². The predicted molar refractivity (Wildman–Crippen MR) is 114 cm³/mol. The van der Waals surface area contributed by atoms with Crippen LogP contribution in [0.3, 0.4) is 0 Å². The van der Waals surface area contributed by atoms with E-state index in [1.54, 1.807) is 19.0 Å². The monoisotopic (exact) mass is 398 g/mol. The van der Waals surface area contributed by atoms with Crippen molar-refractivity contribution in [2.45, 2.75) is 18.8 Å². The molecule has 1 aliphatic heterocycles. The Hall–Kier alpha value is -2.67. The number of aliphatic hydroxyl groups excluding tert-OH is 1. The standard InChI is InChI=1S/C22H30N4O3/c1-24(2)22(29)26-12-10-25(11-13-26)9-8-23-16-19-20(27)14-18(15-21(19)28)17-6-4-3-5-7-17/h3-7,16,18,27H,8-15H2,1-2H3. The van der Waals surface area contributed by atoms with Crippen LogP contribution in [0, 0.1) is 0 Å². The number of amides is 2. The highest BCUT2D eigenvalue weighted by molar-refractivity contribution is 6.14. The lowest BCUT2D eigenvalue weighted by molar-refractivity contribution is -0.116. The van der Waals surface area contributed by atoms with Crippen LogP contribution in [0.1, 0.15) is 24.3 Å².